The first kappa shape index (κ1) is 18.6. The molecule has 1 amide bonds. The molecule has 0 aromatic heterocycles. The first-order chi connectivity index (χ1) is 13.0. The number of carbonyl (C=O) groups excluding carboxylic acids is 1. The number of fused-ring (bicyclic) bond motifs is 1. The van der Waals surface area contributed by atoms with Crippen molar-refractivity contribution in [3.05, 3.63) is 47.5 Å². The van der Waals surface area contributed by atoms with Crippen LogP contribution in [0.3, 0.4) is 0 Å². The molecule has 0 bridgehead atoms. The summed E-state index contributed by atoms with van der Waals surface area (Å²) in [5.41, 5.74) is 2.92. The van der Waals surface area contributed by atoms with Gasteiger partial charge in [-0.3, -0.25) is 4.79 Å². The van der Waals surface area contributed by atoms with Crippen molar-refractivity contribution >= 4 is 17.3 Å². The van der Waals surface area contributed by atoms with Crippen LogP contribution in [0, 0.1) is 11.3 Å². The molecule has 3 rings (SSSR count). The van der Waals surface area contributed by atoms with Gasteiger partial charge in [-0.15, -0.1) is 0 Å². The third-order valence-electron chi connectivity index (χ3n) is 4.32. The Bertz CT molecular complexity index is 889. The van der Waals surface area contributed by atoms with Crippen LogP contribution in [-0.2, 0) is 11.2 Å². The fourth-order valence-corrected chi connectivity index (χ4v) is 3.04. The number of hydrogen-bond acceptors (Lipinski definition) is 5. The third-order valence-corrected chi connectivity index (χ3v) is 4.32. The summed E-state index contributed by atoms with van der Waals surface area (Å²) in [6.07, 6.45) is 0.985. The van der Waals surface area contributed by atoms with Gasteiger partial charge in [-0.05, 0) is 45.0 Å². The summed E-state index contributed by atoms with van der Waals surface area (Å²) in [5, 5.41) is 15.0. The largest absolute Gasteiger partial charge is 0.492 e. The highest BCUT2D eigenvalue weighted by atomic mass is 16.5. The minimum absolute atomic E-state index is 0.137. The molecule has 0 saturated heterocycles. The molecular formula is C21H23N3O3. The van der Waals surface area contributed by atoms with E-state index < -0.39 is 6.04 Å². The molecule has 2 atom stereocenters. The predicted molar refractivity (Wildman–Crippen MR) is 104 cm³/mol. The van der Waals surface area contributed by atoms with Crippen molar-refractivity contribution in [1.29, 1.82) is 5.26 Å². The molecule has 2 aromatic rings. The smallest absolute Gasteiger partial charge is 0.246 e. The fraction of sp³-hybridized carbons (Fsp3) is 0.333. The van der Waals surface area contributed by atoms with Crippen LogP contribution < -0.4 is 20.1 Å². The monoisotopic (exact) mass is 365 g/mol. The minimum Gasteiger partial charge on any atom is -0.492 e. The average Bonchev–Trinajstić information content (AvgIpc) is 3.01. The Balaban J connectivity index is 1.74. The number of nitrogens with one attached hydrogen (secondary N) is 2. The molecule has 27 heavy (non-hydrogen) atoms. The van der Waals surface area contributed by atoms with Gasteiger partial charge in [0.05, 0.1) is 23.9 Å². The number of amides is 1. The third kappa shape index (κ3) is 4.32. The van der Waals surface area contributed by atoms with E-state index in [1.807, 2.05) is 26.0 Å². The molecule has 1 heterocycles. The van der Waals surface area contributed by atoms with Crippen molar-refractivity contribution in [3.8, 4) is 17.6 Å². The van der Waals surface area contributed by atoms with Crippen molar-refractivity contribution in [2.75, 3.05) is 17.2 Å². The zero-order valence-electron chi connectivity index (χ0n) is 15.7. The number of nitrogens with zero attached hydrogens (tertiary/aromatic N) is 1. The molecule has 0 saturated carbocycles. The van der Waals surface area contributed by atoms with E-state index in [2.05, 4.69) is 16.7 Å². The zero-order chi connectivity index (χ0) is 19.4. The molecule has 0 radical (unpaired) electrons. The molecule has 2 N–H and O–H groups in total. The second-order valence-corrected chi connectivity index (χ2v) is 6.57. The summed E-state index contributed by atoms with van der Waals surface area (Å²) in [4.78, 5) is 12.5. The summed E-state index contributed by atoms with van der Waals surface area (Å²) in [6.45, 7) is 6.26. The zero-order valence-corrected chi connectivity index (χ0v) is 15.7. The van der Waals surface area contributed by atoms with E-state index in [9.17, 15) is 4.79 Å². The van der Waals surface area contributed by atoms with Crippen LogP contribution in [0.5, 0.6) is 11.5 Å². The van der Waals surface area contributed by atoms with Crippen molar-refractivity contribution in [2.45, 2.75) is 39.3 Å². The number of rotatable bonds is 6. The predicted octanol–water partition coefficient (Wildman–Crippen LogP) is 3.72. The fourth-order valence-electron chi connectivity index (χ4n) is 3.04. The van der Waals surface area contributed by atoms with Crippen LogP contribution in [0.25, 0.3) is 0 Å². The molecule has 0 fully saturated rings. The lowest BCUT2D eigenvalue weighted by Crippen LogP contribution is -2.32. The van der Waals surface area contributed by atoms with Gasteiger partial charge in [0.1, 0.15) is 23.6 Å². The van der Waals surface area contributed by atoms with Crippen molar-refractivity contribution in [3.63, 3.8) is 0 Å². The SMILES string of the molecule is CCOc1cc2c(cc1N[C@H](C)C(=O)Nc1cccc(C#N)c1)O[C@@H](C)C2. The summed E-state index contributed by atoms with van der Waals surface area (Å²) >= 11 is 0. The van der Waals surface area contributed by atoms with Gasteiger partial charge in [-0.1, -0.05) is 6.07 Å². The Morgan fingerprint density at radius 3 is 2.96 bits per heavy atom. The van der Waals surface area contributed by atoms with Gasteiger partial charge in [0.15, 0.2) is 0 Å². The Labute approximate surface area is 159 Å². The topological polar surface area (TPSA) is 83.4 Å². The number of benzene rings is 2. The van der Waals surface area contributed by atoms with E-state index in [0.29, 0.717) is 23.6 Å². The molecule has 1 aliphatic rings. The Hall–Kier alpha value is -3.20. The van der Waals surface area contributed by atoms with Crippen LogP contribution in [0.1, 0.15) is 31.9 Å². The van der Waals surface area contributed by atoms with E-state index in [4.69, 9.17) is 14.7 Å². The molecule has 1 aliphatic heterocycles. The Morgan fingerprint density at radius 1 is 1.41 bits per heavy atom. The number of anilines is 2. The van der Waals surface area contributed by atoms with E-state index in [1.54, 1.807) is 31.2 Å². The van der Waals surface area contributed by atoms with E-state index in [1.165, 1.54) is 0 Å². The molecule has 0 aliphatic carbocycles. The van der Waals surface area contributed by atoms with E-state index >= 15 is 0 Å². The van der Waals surface area contributed by atoms with Gasteiger partial charge >= 0.3 is 0 Å². The molecule has 6 heteroatoms. The minimum atomic E-state index is -0.508. The number of hydrogen-bond donors (Lipinski definition) is 2. The Kier molecular flexibility index (Phi) is 5.51. The van der Waals surface area contributed by atoms with Crippen LogP contribution in [-0.4, -0.2) is 24.7 Å². The molecule has 140 valence electrons. The maximum Gasteiger partial charge on any atom is 0.246 e. The number of nitriles is 1. The maximum absolute atomic E-state index is 12.5. The maximum atomic E-state index is 12.5. The number of carbonyl (C=O) groups is 1. The van der Waals surface area contributed by atoms with Gasteiger partial charge in [-0.2, -0.15) is 5.26 Å². The van der Waals surface area contributed by atoms with Gasteiger partial charge in [0.2, 0.25) is 5.91 Å². The Morgan fingerprint density at radius 2 is 2.22 bits per heavy atom. The van der Waals surface area contributed by atoms with Gasteiger partial charge in [0.25, 0.3) is 0 Å². The first-order valence-electron chi connectivity index (χ1n) is 9.04. The van der Waals surface area contributed by atoms with Crippen LogP contribution in [0.2, 0.25) is 0 Å². The van der Waals surface area contributed by atoms with Crippen LogP contribution >= 0.6 is 0 Å². The highest BCUT2D eigenvalue weighted by Gasteiger charge is 2.23. The average molecular weight is 365 g/mol. The molecule has 6 nitrogen and oxygen atoms in total. The van der Waals surface area contributed by atoms with Gasteiger partial charge in [0, 0.05) is 23.7 Å². The van der Waals surface area contributed by atoms with Crippen molar-refractivity contribution in [1.82, 2.24) is 0 Å². The van der Waals surface area contributed by atoms with Gasteiger partial charge < -0.3 is 20.1 Å². The van der Waals surface area contributed by atoms with Crippen LogP contribution in [0.15, 0.2) is 36.4 Å². The van der Waals surface area contributed by atoms with Crippen molar-refractivity contribution < 1.29 is 14.3 Å². The second kappa shape index (κ2) is 8.00. The highest BCUT2D eigenvalue weighted by Crippen LogP contribution is 2.38. The standard InChI is InChI=1S/C21H23N3O3/c1-4-26-20-10-16-8-13(2)27-19(16)11-18(20)23-14(3)21(25)24-17-7-5-6-15(9-17)12-22/h5-7,9-11,13-14,23H,4,8H2,1-3H3,(H,24,25)/t13-,14+/m0/s1. The summed E-state index contributed by atoms with van der Waals surface area (Å²) < 4.78 is 11.6. The second-order valence-electron chi connectivity index (χ2n) is 6.57. The molecule has 0 spiro atoms. The molecule has 0 unspecified atom stereocenters. The lowest BCUT2D eigenvalue weighted by molar-refractivity contribution is -0.116. The number of ether oxygens (including phenoxy) is 2. The van der Waals surface area contributed by atoms with Gasteiger partial charge in [-0.25, -0.2) is 0 Å². The summed E-state index contributed by atoms with van der Waals surface area (Å²) in [7, 11) is 0. The summed E-state index contributed by atoms with van der Waals surface area (Å²) in [5.74, 6) is 1.32. The van der Waals surface area contributed by atoms with Crippen LogP contribution in [0.4, 0.5) is 11.4 Å². The lowest BCUT2D eigenvalue weighted by Gasteiger charge is -2.19. The quantitative estimate of drug-likeness (QED) is 0.815. The van der Waals surface area contributed by atoms with Crippen molar-refractivity contribution in [2.24, 2.45) is 0 Å². The lowest BCUT2D eigenvalue weighted by atomic mass is 10.1. The molecule has 2 aromatic carbocycles. The first-order valence-corrected chi connectivity index (χ1v) is 9.04. The molecular weight excluding hydrogens is 342 g/mol. The summed E-state index contributed by atoms with van der Waals surface area (Å²) in [6, 6.07) is 12.2. The highest BCUT2D eigenvalue weighted by molar-refractivity contribution is 5.96. The van der Waals surface area contributed by atoms with E-state index in [-0.39, 0.29) is 12.0 Å². The normalized spacial score (nSPS) is 15.9. The van der Waals surface area contributed by atoms with E-state index in [0.717, 1.165) is 23.4 Å².